The molecule has 0 aliphatic heterocycles. The molecule has 1 fully saturated rings. The van der Waals surface area contributed by atoms with Crippen LogP contribution in [0.1, 0.15) is 30.6 Å². The predicted molar refractivity (Wildman–Crippen MR) is 69.4 cm³/mol. The maximum absolute atomic E-state index is 12.6. The number of Topliss-reactive ketones (excluding diaryl/α,β-unsaturated/α-hetero) is 1. The summed E-state index contributed by atoms with van der Waals surface area (Å²) >= 11 is 0. The Hall–Kier alpha value is -1.83. The van der Waals surface area contributed by atoms with Crippen LogP contribution < -0.4 is 0 Å². The average molecular weight is 240 g/mol. The van der Waals surface area contributed by atoms with E-state index in [2.05, 4.69) is 12.1 Å². The first kappa shape index (κ1) is 11.3. The topological polar surface area (TPSA) is 30.2 Å². The highest BCUT2D eigenvalue weighted by Crippen LogP contribution is 2.45. The van der Waals surface area contributed by atoms with Gasteiger partial charge in [-0.2, -0.15) is 0 Å². The van der Waals surface area contributed by atoms with Gasteiger partial charge in [0, 0.05) is 0 Å². The molecule has 0 radical (unpaired) electrons. The molecule has 0 saturated heterocycles. The van der Waals surface area contributed by atoms with Gasteiger partial charge in [0.15, 0.2) is 5.78 Å². The number of rotatable bonds is 4. The van der Waals surface area contributed by atoms with Gasteiger partial charge in [-0.1, -0.05) is 36.8 Å². The van der Waals surface area contributed by atoms with Crippen molar-refractivity contribution in [2.75, 3.05) is 0 Å². The lowest BCUT2D eigenvalue weighted by Crippen LogP contribution is -2.43. The number of hydrogen-bond acceptors (Lipinski definition) is 2. The maximum Gasteiger partial charge on any atom is 0.150 e. The number of hydrogen-bond donors (Lipinski definition) is 0. The van der Waals surface area contributed by atoms with E-state index in [1.54, 1.807) is 6.26 Å². The van der Waals surface area contributed by atoms with Crippen molar-refractivity contribution in [3.05, 3.63) is 60.1 Å². The van der Waals surface area contributed by atoms with Crippen molar-refractivity contribution in [3.63, 3.8) is 0 Å². The van der Waals surface area contributed by atoms with Crippen molar-refractivity contribution in [1.82, 2.24) is 0 Å². The smallest absolute Gasteiger partial charge is 0.150 e. The highest BCUT2D eigenvalue weighted by molar-refractivity contribution is 5.92. The lowest BCUT2D eigenvalue weighted by molar-refractivity contribution is -0.127. The molecule has 1 aromatic carbocycles. The lowest BCUT2D eigenvalue weighted by Gasteiger charge is -2.40. The van der Waals surface area contributed by atoms with E-state index in [4.69, 9.17) is 4.42 Å². The number of furan rings is 1. The van der Waals surface area contributed by atoms with E-state index < -0.39 is 0 Å². The lowest BCUT2D eigenvalue weighted by atomic mass is 9.61. The maximum atomic E-state index is 12.6. The Bertz CT molecular complexity index is 521. The van der Waals surface area contributed by atoms with Gasteiger partial charge in [-0.05, 0) is 30.5 Å². The van der Waals surface area contributed by atoms with Gasteiger partial charge in [0.25, 0.3) is 0 Å². The molecular weight excluding hydrogens is 224 g/mol. The summed E-state index contributed by atoms with van der Waals surface area (Å²) in [5.74, 6) is 1.05. The SMILES string of the molecule is O=C(Cc1ccco1)C1(c2ccccc2)CCC1. The molecule has 0 atom stereocenters. The van der Waals surface area contributed by atoms with Gasteiger partial charge in [-0.3, -0.25) is 4.79 Å². The zero-order valence-electron chi connectivity index (χ0n) is 10.3. The van der Waals surface area contributed by atoms with E-state index in [9.17, 15) is 4.79 Å². The van der Waals surface area contributed by atoms with Gasteiger partial charge < -0.3 is 4.42 Å². The van der Waals surface area contributed by atoms with Crippen LogP contribution in [0.2, 0.25) is 0 Å². The molecule has 1 aliphatic rings. The third kappa shape index (κ3) is 1.78. The van der Waals surface area contributed by atoms with Crippen molar-refractivity contribution in [2.24, 2.45) is 0 Å². The molecule has 0 bridgehead atoms. The van der Waals surface area contributed by atoms with Crippen molar-refractivity contribution < 1.29 is 9.21 Å². The number of carbonyl (C=O) groups excluding carboxylic acids is 1. The zero-order chi connectivity index (χ0) is 12.4. The van der Waals surface area contributed by atoms with Crippen LogP contribution in [0, 0.1) is 0 Å². The number of carbonyl (C=O) groups is 1. The summed E-state index contributed by atoms with van der Waals surface area (Å²) in [6.45, 7) is 0. The van der Waals surface area contributed by atoms with E-state index in [1.807, 2.05) is 30.3 Å². The molecule has 0 N–H and O–H groups in total. The monoisotopic (exact) mass is 240 g/mol. The molecule has 1 aromatic heterocycles. The predicted octanol–water partition coefficient (Wildman–Crippen LogP) is 3.51. The fourth-order valence-corrected chi connectivity index (χ4v) is 2.76. The van der Waals surface area contributed by atoms with E-state index in [-0.39, 0.29) is 11.2 Å². The van der Waals surface area contributed by atoms with Gasteiger partial charge >= 0.3 is 0 Å². The van der Waals surface area contributed by atoms with Crippen molar-refractivity contribution in [1.29, 1.82) is 0 Å². The molecule has 1 aliphatic carbocycles. The van der Waals surface area contributed by atoms with Gasteiger partial charge in [0.05, 0.1) is 18.1 Å². The second-order valence-electron chi connectivity index (χ2n) is 4.98. The van der Waals surface area contributed by atoms with E-state index in [0.717, 1.165) is 30.6 Å². The largest absolute Gasteiger partial charge is 0.469 e. The normalized spacial score (nSPS) is 17.1. The van der Waals surface area contributed by atoms with Crippen molar-refractivity contribution in [3.8, 4) is 0 Å². The van der Waals surface area contributed by atoms with Crippen LogP contribution in [0.15, 0.2) is 53.1 Å². The third-order valence-electron chi connectivity index (χ3n) is 3.98. The van der Waals surface area contributed by atoms with Gasteiger partial charge in [0.2, 0.25) is 0 Å². The van der Waals surface area contributed by atoms with Crippen LogP contribution in [-0.4, -0.2) is 5.78 Å². The van der Waals surface area contributed by atoms with Crippen LogP contribution in [0.25, 0.3) is 0 Å². The van der Waals surface area contributed by atoms with Crippen LogP contribution in [0.3, 0.4) is 0 Å². The Balaban J connectivity index is 1.86. The molecule has 18 heavy (non-hydrogen) atoms. The molecule has 0 amide bonds. The highest BCUT2D eigenvalue weighted by atomic mass is 16.3. The highest BCUT2D eigenvalue weighted by Gasteiger charge is 2.44. The van der Waals surface area contributed by atoms with Crippen LogP contribution in [0.5, 0.6) is 0 Å². The summed E-state index contributed by atoms with van der Waals surface area (Å²) in [6, 6.07) is 13.9. The van der Waals surface area contributed by atoms with Gasteiger partial charge in [-0.15, -0.1) is 0 Å². The quantitative estimate of drug-likeness (QED) is 0.818. The second-order valence-corrected chi connectivity index (χ2v) is 4.98. The van der Waals surface area contributed by atoms with Crippen LogP contribution in [0.4, 0.5) is 0 Å². The van der Waals surface area contributed by atoms with E-state index in [1.165, 1.54) is 0 Å². The molecule has 2 nitrogen and oxygen atoms in total. The minimum absolute atomic E-state index is 0.256. The summed E-state index contributed by atoms with van der Waals surface area (Å²) in [6.07, 6.45) is 5.10. The first-order chi connectivity index (χ1) is 8.81. The molecule has 1 saturated carbocycles. The average Bonchev–Trinajstić information content (AvgIpc) is 2.82. The van der Waals surface area contributed by atoms with Gasteiger partial charge in [-0.25, -0.2) is 0 Å². The third-order valence-corrected chi connectivity index (χ3v) is 3.98. The second kappa shape index (κ2) is 4.45. The first-order valence-electron chi connectivity index (χ1n) is 6.42. The molecule has 1 heterocycles. The van der Waals surface area contributed by atoms with Gasteiger partial charge in [0.1, 0.15) is 5.76 Å². The first-order valence-corrected chi connectivity index (χ1v) is 6.42. The molecule has 0 spiro atoms. The Labute approximate surface area is 107 Å². The Morgan fingerprint density at radius 1 is 1.11 bits per heavy atom. The Morgan fingerprint density at radius 2 is 1.89 bits per heavy atom. The molecule has 2 heteroatoms. The summed E-state index contributed by atoms with van der Waals surface area (Å²) in [5.41, 5.74) is 0.904. The summed E-state index contributed by atoms with van der Waals surface area (Å²) in [4.78, 5) is 12.6. The Morgan fingerprint density at radius 3 is 2.44 bits per heavy atom. The fraction of sp³-hybridized carbons (Fsp3) is 0.312. The summed E-state index contributed by atoms with van der Waals surface area (Å²) in [5, 5.41) is 0. The van der Waals surface area contributed by atoms with E-state index in [0.29, 0.717) is 6.42 Å². The Kier molecular flexibility index (Phi) is 2.78. The van der Waals surface area contributed by atoms with Crippen molar-refractivity contribution in [2.45, 2.75) is 31.1 Å². The van der Waals surface area contributed by atoms with Crippen LogP contribution in [-0.2, 0) is 16.6 Å². The fourth-order valence-electron chi connectivity index (χ4n) is 2.76. The zero-order valence-corrected chi connectivity index (χ0v) is 10.3. The summed E-state index contributed by atoms with van der Waals surface area (Å²) in [7, 11) is 0. The summed E-state index contributed by atoms with van der Waals surface area (Å²) < 4.78 is 5.28. The number of ketones is 1. The number of benzene rings is 1. The van der Waals surface area contributed by atoms with Crippen LogP contribution >= 0.6 is 0 Å². The minimum Gasteiger partial charge on any atom is -0.469 e. The molecule has 92 valence electrons. The molecular formula is C16H16O2. The molecule has 2 aromatic rings. The standard InChI is InChI=1S/C16H16O2/c17-15(12-14-8-4-11-18-14)16(9-5-10-16)13-6-2-1-3-7-13/h1-4,6-8,11H,5,9-10,12H2. The molecule has 3 rings (SSSR count). The molecule has 0 unspecified atom stereocenters. The van der Waals surface area contributed by atoms with Crippen molar-refractivity contribution >= 4 is 5.78 Å². The minimum atomic E-state index is -0.256. The van der Waals surface area contributed by atoms with E-state index >= 15 is 0 Å².